The number of aromatic amines is 1. The van der Waals surface area contributed by atoms with E-state index in [0.717, 1.165) is 5.39 Å². The van der Waals surface area contributed by atoms with E-state index < -0.39 is 5.97 Å². The second-order valence-electron chi connectivity index (χ2n) is 3.23. The predicted molar refractivity (Wildman–Crippen MR) is 58.4 cm³/mol. The van der Waals surface area contributed by atoms with Gasteiger partial charge in [0.2, 0.25) is 0 Å². The molecule has 0 bridgehead atoms. The highest BCUT2D eigenvalue weighted by Gasteiger charge is 2.18. The molecule has 0 aliphatic heterocycles. The molecule has 0 unspecified atom stereocenters. The maximum absolute atomic E-state index is 11.1. The fourth-order valence-corrected chi connectivity index (χ4v) is 1.71. The van der Waals surface area contributed by atoms with Gasteiger partial charge < -0.3 is 19.6 Å². The van der Waals surface area contributed by atoms with Crippen molar-refractivity contribution in [2.75, 3.05) is 14.2 Å². The van der Waals surface area contributed by atoms with Gasteiger partial charge in [0.15, 0.2) is 5.75 Å². The number of benzene rings is 1. The largest absolute Gasteiger partial charge is 0.496 e. The molecule has 0 saturated carbocycles. The number of carbonyl (C=O) groups is 1. The van der Waals surface area contributed by atoms with Crippen molar-refractivity contribution in [2.45, 2.75) is 0 Å². The number of aromatic carboxylic acids is 1. The van der Waals surface area contributed by atoms with E-state index in [1.165, 1.54) is 20.3 Å². The number of H-pyrrole nitrogens is 1. The average Bonchev–Trinajstić information content (AvgIpc) is 2.75. The number of rotatable bonds is 3. The second-order valence-corrected chi connectivity index (χ2v) is 3.23. The summed E-state index contributed by atoms with van der Waals surface area (Å²) in [5.41, 5.74) is 0.702. The topological polar surface area (TPSA) is 71.6 Å². The molecule has 0 atom stereocenters. The SMILES string of the molecule is COc1cc(C(=O)O)c(OC)c2[nH]ccc12. The number of ether oxygens (including phenoxy) is 2. The maximum Gasteiger partial charge on any atom is 0.339 e. The lowest BCUT2D eigenvalue weighted by atomic mass is 10.1. The first-order valence-corrected chi connectivity index (χ1v) is 4.64. The molecular formula is C11H11NO4. The van der Waals surface area contributed by atoms with E-state index in [-0.39, 0.29) is 5.56 Å². The Hall–Kier alpha value is -2.17. The summed E-state index contributed by atoms with van der Waals surface area (Å²) in [6.07, 6.45) is 1.71. The summed E-state index contributed by atoms with van der Waals surface area (Å²) in [5, 5.41) is 9.86. The van der Waals surface area contributed by atoms with Crippen molar-refractivity contribution in [3.63, 3.8) is 0 Å². The van der Waals surface area contributed by atoms with Crippen LogP contribution in [0.2, 0.25) is 0 Å². The van der Waals surface area contributed by atoms with Gasteiger partial charge in [0.05, 0.1) is 19.7 Å². The van der Waals surface area contributed by atoms with Crippen LogP contribution in [0.25, 0.3) is 10.9 Å². The Morgan fingerprint density at radius 3 is 2.69 bits per heavy atom. The highest BCUT2D eigenvalue weighted by molar-refractivity contribution is 6.02. The van der Waals surface area contributed by atoms with E-state index >= 15 is 0 Å². The van der Waals surface area contributed by atoms with Gasteiger partial charge in [-0.05, 0) is 12.1 Å². The predicted octanol–water partition coefficient (Wildman–Crippen LogP) is 1.88. The Bertz CT molecular complexity index is 544. The number of methoxy groups -OCH3 is 2. The van der Waals surface area contributed by atoms with Crippen molar-refractivity contribution in [3.05, 3.63) is 23.9 Å². The number of hydrogen-bond acceptors (Lipinski definition) is 3. The molecular weight excluding hydrogens is 210 g/mol. The van der Waals surface area contributed by atoms with Crippen LogP contribution < -0.4 is 9.47 Å². The lowest BCUT2D eigenvalue weighted by Crippen LogP contribution is -2.02. The third kappa shape index (κ3) is 1.37. The van der Waals surface area contributed by atoms with Gasteiger partial charge in [0.25, 0.3) is 0 Å². The Morgan fingerprint density at radius 2 is 2.12 bits per heavy atom. The molecule has 0 fully saturated rings. The van der Waals surface area contributed by atoms with Crippen molar-refractivity contribution < 1.29 is 19.4 Å². The number of nitrogens with one attached hydrogen (secondary N) is 1. The average molecular weight is 221 g/mol. The summed E-state index contributed by atoms with van der Waals surface area (Å²) >= 11 is 0. The minimum Gasteiger partial charge on any atom is -0.496 e. The van der Waals surface area contributed by atoms with Crippen molar-refractivity contribution in [3.8, 4) is 11.5 Å². The van der Waals surface area contributed by atoms with Gasteiger partial charge >= 0.3 is 5.97 Å². The fraction of sp³-hybridized carbons (Fsp3) is 0.182. The van der Waals surface area contributed by atoms with Crippen LogP contribution in [0.1, 0.15) is 10.4 Å². The van der Waals surface area contributed by atoms with Crippen LogP contribution in [-0.4, -0.2) is 30.3 Å². The van der Waals surface area contributed by atoms with Crippen LogP contribution in [0.15, 0.2) is 18.3 Å². The van der Waals surface area contributed by atoms with Gasteiger partial charge in [-0.25, -0.2) is 4.79 Å². The van der Waals surface area contributed by atoms with Gasteiger partial charge in [-0.2, -0.15) is 0 Å². The fourth-order valence-electron chi connectivity index (χ4n) is 1.71. The van der Waals surface area contributed by atoms with E-state index in [2.05, 4.69) is 4.98 Å². The Balaban J connectivity index is 2.84. The first-order valence-electron chi connectivity index (χ1n) is 4.64. The van der Waals surface area contributed by atoms with E-state index in [4.69, 9.17) is 14.6 Å². The maximum atomic E-state index is 11.1. The highest BCUT2D eigenvalue weighted by Crippen LogP contribution is 2.35. The molecule has 0 spiro atoms. The van der Waals surface area contributed by atoms with E-state index in [1.54, 1.807) is 6.20 Å². The highest BCUT2D eigenvalue weighted by atomic mass is 16.5. The van der Waals surface area contributed by atoms with E-state index in [9.17, 15) is 4.79 Å². The summed E-state index contributed by atoms with van der Waals surface area (Å²) in [4.78, 5) is 14.0. The minimum atomic E-state index is -1.05. The lowest BCUT2D eigenvalue weighted by Gasteiger charge is -2.09. The second kappa shape index (κ2) is 3.77. The number of carboxylic acids is 1. The number of hydrogen-bond donors (Lipinski definition) is 2. The van der Waals surface area contributed by atoms with E-state index in [1.807, 2.05) is 6.07 Å². The Morgan fingerprint density at radius 1 is 1.38 bits per heavy atom. The summed E-state index contributed by atoms with van der Waals surface area (Å²) in [6.45, 7) is 0. The minimum absolute atomic E-state index is 0.0781. The normalized spacial score (nSPS) is 10.4. The molecule has 1 aromatic heterocycles. The van der Waals surface area contributed by atoms with Gasteiger partial charge in [0.1, 0.15) is 11.3 Å². The third-order valence-corrected chi connectivity index (χ3v) is 2.41. The summed E-state index contributed by atoms with van der Waals surface area (Å²) in [5.74, 6) is -0.227. The van der Waals surface area contributed by atoms with Gasteiger partial charge in [-0.1, -0.05) is 0 Å². The molecule has 0 amide bonds. The van der Waals surface area contributed by atoms with Crippen LogP contribution in [0.3, 0.4) is 0 Å². The van der Waals surface area contributed by atoms with Crippen LogP contribution >= 0.6 is 0 Å². The molecule has 5 nitrogen and oxygen atoms in total. The van der Waals surface area contributed by atoms with E-state index in [0.29, 0.717) is 17.0 Å². The number of aromatic nitrogens is 1. The first kappa shape index (κ1) is 10.4. The zero-order valence-corrected chi connectivity index (χ0v) is 8.90. The summed E-state index contributed by atoms with van der Waals surface area (Å²) < 4.78 is 10.2. The van der Waals surface area contributed by atoms with Gasteiger partial charge in [-0.15, -0.1) is 0 Å². The van der Waals surface area contributed by atoms with Crippen molar-refractivity contribution in [1.82, 2.24) is 4.98 Å². The zero-order chi connectivity index (χ0) is 11.7. The number of fused-ring (bicyclic) bond motifs is 1. The molecule has 0 aliphatic rings. The van der Waals surface area contributed by atoms with Gasteiger partial charge in [-0.3, -0.25) is 0 Å². The molecule has 0 saturated heterocycles. The zero-order valence-electron chi connectivity index (χ0n) is 8.90. The van der Waals surface area contributed by atoms with Crippen LogP contribution in [0.4, 0.5) is 0 Å². The van der Waals surface area contributed by atoms with Crippen LogP contribution in [0.5, 0.6) is 11.5 Å². The summed E-state index contributed by atoms with van der Waals surface area (Å²) in [7, 11) is 2.94. The van der Waals surface area contributed by atoms with Crippen molar-refractivity contribution in [2.24, 2.45) is 0 Å². The molecule has 2 rings (SSSR count). The molecule has 0 radical (unpaired) electrons. The molecule has 16 heavy (non-hydrogen) atoms. The molecule has 5 heteroatoms. The summed E-state index contributed by atoms with van der Waals surface area (Å²) in [6, 6.07) is 3.26. The van der Waals surface area contributed by atoms with Crippen molar-refractivity contribution in [1.29, 1.82) is 0 Å². The smallest absolute Gasteiger partial charge is 0.339 e. The molecule has 0 aliphatic carbocycles. The lowest BCUT2D eigenvalue weighted by molar-refractivity contribution is 0.0693. The van der Waals surface area contributed by atoms with Crippen LogP contribution in [0, 0.1) is 0 Å². The Kier molecular flexibility index (Phi) is 2.44. The first-order chi connectivity index (χ1) is 7.69. The van der Waals surface area contributed by atoms with Crippen molar-refractivity contribution >= 4 is 16.9 Å². The Labute approximate surface area is 91.6 Å². The monoisotopic (exact) mass is 221 g/mol. The molecule has 1 aromatic carbocycles. The quantitative estimate of drug-likeness (QED) is 0.830. The van der Waals surface area contributed by atoms with Crippen LogP contribution in [-0.2, 0) is 0 Å². The van der Waals surface area contributed by atoms with Gasteiger partial charge in [0, 0.05) is 11.6 Å². The number of carboxylic acid groups (broad SMARTS) is 1. The molecule has 84 valence electrons. The molecule has 1 heterocycles. The standard InChI is InChI=1S/C11H11NO4/c1-15-8-5-7(11(13)14)10(16-2)9-6(8)3-4-12-9/h3-5,12H,1-2H3,(H,13,14). The molecule has 2 aromatic rings. The molecule has 2 N–H and O–H groups in total. The third-order valence-electron chi connectivity index (χ3n) is 2.41.